The summed E-state index contributed by atoms with van der Waals surface area (Å²) in [5, 5.41) is 3.32. The van der Waals surface area contributed by atoms with Crippen LogP contribution >= 0.6 is 0 Å². The van der Waals surface area contributed by atoms with Crippen LogP contribution in [-0.4, -0.2) is 18.9 Å². The molecule has 0 bridgehead atoms. The third-order valence-corrected chi connectivity index (χ3v) is 2.07. The Morgan fingerprint density at radius 2 is 1.92 bits per heavy atom. The fourth-order valence-electron chi connectivity index (χ4n) is 0.733. The van der Waals surface area contributed by atoms with Crippen molar-refractivity contribution in [2.75, 3.05) is 13.2 Å². The van der Waals surface area contributed by atoms with E-state index in [2.05, 4.69) is 31.1 Å². The van der Waals surface area contributed by atoms with Gasteiger partial charge in [-0.2, -0.15) is 0 Å². The van der Waals surface area contributed by atoms with Crippen LogP contribution in [0.5, 0.6) is 0 Å². The molecule has 0 aromatic rings. The lowest BCUT2D eigenvalue weighted by molar-refractivity contribution is 0.331. The minimum absolute atomic E-state index is 0.400. The van der Waals surface area contributed by atoms with Crippen molar-refractivity contribution in [1.82, 2.24) is 5.32 Å². The highest BCUT2D eigenvalue weighted by molar-refractivity contribution is 5.78. The van der Waals surface area contributed by atoms with E-state index in [1.807, 2.05) is 13.8 Å². The zero-order valence-electron chi connectivity index (χ0n) is 9.07. The van der Waals surface area contributed by atoms with Crippen LogP contribution in [0.15, 0.2) is 4.99 Å². The molecular formula is C10H22N2. The van der Waals surface area contributed by atoms with Crippen molar-refractivity contribution in [3.05, 3.63) is 0 Å². The number of rotatable bonds is 5. The molecule has 0 spiro atoms. The Morgan fingerprint density at radius 1 is 1.33 bits per heavy atom. The predicted octanol–water partition coefficient (Wildman–Crippen LogP) is 2.45. The van der Waals surface area contributed by atoms with Gasteiger partial charge in [-0.05, 0) is 25.7 Å². The second-order valence-electron chi connectivity index (χ2n) is 4.21. The lowest BCUT2D eigenvalue weighted by Gasteiger charge is -2.22. The van der Waals surface area contributed by atoms with E-state index in [-0.39, 0.29) is 0 Å². The number of nitrogens with one attached hydrogen (secondary N) is 1. The molecule has 0 fully saturated rings. The minimum Gasteiger partial charge on any atom is -0.298 e. The Labute approximate surface area is 76.5 Å². The van der Waals surface area contributed by atoms with Gasteiger partial charge in [-0.25, -0.2) is 0 Å². The second-order valence-corrected chi connectivity index (χ2v) is 4.21. The quantitative estimate of drug-likeness (QED) is 0.497. The van der Waals surface area contributed by atoms with Crippen LogP contribution < -0.4 is 5.32 Å². The molecule has 0 saturated heterocycles. The van der Waals surface area contributed by atoms with Gasteiger partial charge in [-0.1, -0.05) is 20.8 Å². The van der Waals surface area contributed by atoms with E-state index in [9.17, 15) is 0 Å². The highest BCUT2D eigenvalue weighted by Gasteiger charge is 2.13. The molecule has 1 N–H and O–H groups in total. The lowest BCUT2D eigenvalue weighted by atomic mass is 9.90. The van der Waals surface area contributed by atoms with Gasteiger partial charge in [0.25, 0.3) is 0 Å². The number of nitrogens with zero attached hydrogens (tertiary/aromatic N) is 1. The second kappa shape index (κ2) is 5.31. The SMILES string of the molecule is CCC(C)(C)CNCN=C(C)C. The molecule has 0 rings (SSSR count). The highest BCUT2D eigenvalue weighted by Crippen LogP contribution is 2.17. The Bertz CT molecular complexity index is 144. The van der Waals surface area contributed by atoms with E-state index in [0.29, 0.717) is 5.41 Å². The minimum atomic E-state index is 0.400. The van der Waals surface area contributed by atoms with Gasteiger partial charge in [0.15, 0.2) is 0 Å². The summed E-state index contributed by atoms with van der Waals surface area (Å²) in [5.74, 6) is 0. The van der Waals surface area contributed by atoms with Crippen LogP contribution in [-0.2, 0) is 0 Å². The van der Waals surface area contributed by atoms with Crippen LogP contribution in [0, 0.1) is 5.41 Å². The molecule has 0 aromatic carbocycles. The van der Waals surface area contributed by atoms with Crippen molar-refractivity contribution in [3.63, 3.8) is 0 Å². The number of hydrogen-bond acceptors (Lipinski definition) is 2. The average molecular weight is 170 g/mol. The summed E-state index contributed by atoms with van der Waals surface area (Å²) >= 11 is 0. The maximum absolute atomic E-state index is 4.27. The van der Waals surface area contributed by atoms with Gasteiger partial charge in [0.05, 0.1) is 6.67 Å². The molecule has 0 heterocycles. The normalized spacial score (nSPS) is 11.4. The molecule has 0 atom stereocenters. The lowest BCUT2D eigenvalue weighted by Crippen LogP contribution is -2.29. The third kappa shape index (κ3) is 6.35. The predicted molar refractivity (Wildman–Crippen MR) is 55.7 cm³/mol. The molecule has 0 aromatic heterocycles. The summed E-state index contributed by atoms with van der Waals surface area (Å²) in [5.41, 5.74) is 1.54. The van der Waals surface area contributed by atoms with Crippen molar-refractivity contribution in [2.45, 2.75) is 41.0 Å². The van der Waals surface area contributed by atoms with Crippen molar-refractivity contribution in [1.29, 1.82) is 0 Å². The van der Waals surface area contributed by atoms with Gasteiger partial charge >= 0.3 is 0 Å². The van der Waals surface area contributed by atoms with E-state index in [4.69, 9.17) is 0 Å². The van der Waals surface area contributed by atoms with Crippen molar-refractivity contribution in [3.8, 4) is 0 Å². The summed E-state index contributed by atoms with van der Waals surface area (Å²) in [6, 6.07) is 0. The molecule has 0 aliphatic carbocycles. The van der Waals surface area contributed by atoms with Crippen LogP contribution in [0.2, 0.25) is 0 Å². The average Bonchev–Trinajstić information content (AvgIpc) is 1.98. The molecule has 0 unspecified atom stereocenters. The molecule has 2 heteroatoms. The van der Waals surface area contributed by atoms with Gasteiger partial charge in [0.1, 0.15) is 0 Å². The summed E-state index contributed by atoms with van der Waals surface area (Å²) in [7, 11) is 0. The van der Waals surface area contributed by atoms with Crippen LogP contribution in [0.1, 0.15) is 41.0 Å². The molecule has 0 amide bonds. The molecule has 0 saturated carbocycles. The first-order chi connectivity index (χ1) is 5.48. The topological polar surface area (TPSA) is 24.4 Å². The van der Waals surface area contributed by atoms with Gasteiger partial charge in [0.2, 0.25) is 0 Å². The van der Waals surface area contributed by atoms with E-state index in [1.165, 1.54) is 6.42 Å². The van der Waals surface area contributed by atoms with Crippen molar-refractivity contribution < 1.29 is 0 Å². The molecular weight excluding hydrogens is 148 g/mol. The summed E-state index contributed by atoms with van der Waals surface area (Å²) < 4.78 is 0. The van der Waals surface area contributed by atoms with Crippen molar-refractivity contribution >= 4 is 5.71 Å². The first-order valence-electron chi connectivity index (χ1n) is 4.66. The van der Waals surface area contributed by atoms with Gasteiger partial charge in [-0.3, -0.25) is 10.3 Å². The fourth-order valence-corrected chi connectivity index (χ4v) is 0.733. The molecule has 0 radical (unpaired) electrons. The maximum Gasteiger partial charge on any atom is 0.0883 e. The fraction of sp³-hybridized carbons (Fsp3) is 0.900. The van der Waals surface area contributed by atoms with E-state index in [1.54, 1.807) is 0 Å². The summed E-state index contributed by atoms with van der Waals surface area (Å²) in [6.45, 7) is 12.6. The number of aliphatic imine (C=N–C) groups is 1. The Morgan fingerprint density at radius 3 is 2.33 bits per heavy atom. The first-order valence-corrected chi connectivity index (χ1v) is 4.66. The molecule has 0 aliphatic heterocycles. The van der Waals surface area contributed by atoms with Gasteiger partial charge in [0, 0.05) is 12.3 Å². The zero-order valence-corrected chi connectivity index (χ0v) is 9.07. The largest absolute Gasteiger partial charge is 0.298 e. The Balaban J connectivity index is 3.50. The van der Waals surface area contributed by atoms with Crippen LogP contribution in [0.3, 0.4) is 0 Å². The Kier molecular flexibility index (Phi) is 5.14. The molecule has 0 aliphatic rings. The standard InChI is InChI=1S/C10H22N2/c1-6-10(4,5)7-11-8-12-9(2)3/h11H,6-8H2,1-5H3. The Hall–Kier alpha value is -0.370. The van der Waals surface area contributed by atoms with Crippen LogP contribution in [0.4, 0.5) is 0 Å². The van der Waals surface area contributed by atoms with E-state index < -0.39 is 0 Å². The monoisotopic (exact) mass is 170 g/mol. The summed E-state index contributed by atoms with van der Waals surface area (Å²) in [6.07, 6.45) is 1.20. The highest BCUT2D eigenvalue weighted by atomic mass is 15.0. The molecule has 2 nitrogen and oxygen atoms in total. The molecule has 72 valence electrons. The smallest absolute Gasteiger partial charge is 0.0883 e. The molecule has 12 heavy (non-hydrogen) atoms. The van der Waals surface area contributed by atoms with E-state index in [0.717, 1.165) is 18.9 Å². The first kappa shape index (κ1) is 11.6. The number of hydrogen-bond donors (Lipinski definition) is 1. The van der Waals surface area contributed by atoms with Crippen LogP contribution in [0.25, 0.3) is 0 Å². The van der Waals surface area contributed by atoms with Gasteiger partial charge < -0.3 is 0 Å². The summed E-state index contributed by atoms with van der Waals surface area (Å²) in [4.78, 5) is 4.27. The zero-order chi connectivity index (χ0) is 9.61. The van der Waals surface area contributed by atoms with Crippen molar-refractivity contribution in [2.24, 2.45) is 10.4 Å². The van der Waals surface area contributed by atoms with Gasteiger partial charge in [-0.15, -0.1) is 0 Å². The third-order valence-electron chi connectivity index (χ3n) is 2.07. The maximum atomic E-state index is 4.27. The van der Waals surface area contributed by atoms with E-state index >= 15 is 0 Å².